The zero-order valence-corrected chi connectivity index (χ0v) is 10.2. The van der Waals surface area contributed by atoms with E-state index in [1.807, 2.05) is 6.92 Å². The lowest BCUT2D eigenvalue weighted by atomic mass is 9.86. The lowest BCUT2D eigenvalue weighted by Gasteiger charge is -2.32. The van der Waals surface area contributed by atoms with Gasteiger partial charge in [0.05, 0.1) is 5.92 Å². The molecular weight excluding hydrogens is 190 g/mol. The van der Waals surface area contributed by atoms with Crippen molar-refractivity contribution >= 4 is 5.97 Å². The topological polar surface area (TPSA) is 49.3 Å². The van der Waals surface area contributed by atoms with Crippen molar-refractivity contribution in [1.82, 2.24) is 5.32 Å². The maximum Gasteiger partial charge on any atom is 0.307 e. The molecule has 2 N–H and O–H groups in total. The third-order valence-corrected chi connectivity index (χ3v) is 3.86. The van der Waals surface area contributed by atoms with Crippen LogP contribution in [0.4, 0.5) is 0 Å². The van der Waals surface area contributed by atoms with Gasteiger partial charge in [-0.2, -0.15) is 0 Å². The number of carboxylic acids is 1. The highest BCUT2D eigenvalue weighted by Gasteiger charge is 2.36. The second kappa shape index (κ2) is 4.52. The Hall–Kier alpha value is -0.570. The van der Waals surface area contributed by atoms with Crippen LogP contribution in [0.3, 0.4) is 0 Å². The number of carboxylic acid groups (broad SMARTS) is 1. The molecule has 0 heterocycles. The van der Waals surface area contributed by atoms with Gasteiger partial charge in [-0.05, 0) is 25.2 Å². The molecule has 3 unspecified atom stereocenters. The highest BCUT2D eigenvalue weighted by molar-refractivity contribution is 5.70. The SMILES string of the molecule is CC(NC1CCCC1(C)C)C(C)C(=O)O. The summed E-state index contributed by atoms with van der Waals surface area (Å²) in [5, 5.41) is 12.4. The Morgan fingerprint density at radius 1 is 1.47 bits per heavy atom. The minimum Gasteiger partial charge on any atom is -0.481 e. The van der Waals surface area contributed by atoms with Crippen molar-refractivity contribution in [3.05, 3.63) is 0 Å². The number of rotatable bonds is 4. The number of hydrogen-bond acceptors (Lipinski definition) is 2. The van der Waals surface area contributed by atoms with Gasteiger partial charge in [-0.3, -0.25) is 4.79 Å². The second-order valence-corrected chi connectivity index (χ2v) is 5.52. The Morgan fingerprint density at radius 3 is 2.47 bits per heavy atom. The van der Waals surface area contributed by atoms with Crippen molar-refractivity contribution in [3.63, 3.8) is 0 Å². The van der Waals surface area contributed by atoms with Gasteiger partial charge in [0.1, 0.15) is 0 Å². The van der Waals surface area contributed by atoms with E-state index in [-0.39, 0.29) is 12.0 Å². The van der Waals surface area contributed by atoms with Crippen LogP contribution in [0.25, 0.3) is 0 Å². The summed E-state index contributed by atoms with van der Waals surface area (Å²) in [6, 6.07) is 0.513. The van der Waals surface area contributed by atoms with Crippen molar-refractivity contribution in [2.24, 2.45) is 11.3 Å². The molecule has 0 spiro atoms. The Kier molecular flexibility index (Phi) is 3.77. The Morgan fingerprint density at radius 2 is 2.07 bits per heavy atom. The summed E-state index contributed by atoms with van der Waals surface area (Å²) in [4.78, 5) is 10.8. The smallest absolute Gasteiger partial charge is 0.307 e. The van der Waals surface area contributed by atoms with E-state index < -0.39 is 5.97 Å². The van der Waals surface area contributed by atoms with Crippen LogP contribution in [0.1, 0.15) is 47.0 Å². The van der Waals surface area contributed by atoms with E-state index >= 15 is 0 Å². The molecule has 1 fully saturated rings. The van der Waals surface area contributed by atoms with Gasteiger partial charge in [0, 0.05) is 12.1 Å². The van der Waals surface area contributed by atoms with Gasteiger partial charge in [0.2, 0.25) is 0 Å². The summed E-state index contributed by atoms with van der Waals surface area (Å²) in [5.74, 6) is -1.03. The molecule has 3 atom stereocenters. The van der Waals surface area contributed by atoms with E-state index in [0.29, 0.717) is 11.5 Å². The van der Waals surface area contributed by atoms with Gasteiger partial charge < -0.3 is 10.4 Å². The molecule has 0 aliphatic heterocycles. The third kappa shape index (κ3) is 2.94. The van der Waals surface area contributed by atoms with Crippen molar-refractivity contribution in [2.45, 2.75) is 59.0 Å². The Bertz CT molecular complexity index is 238. The molecule has 1 saturated carbocycles. The van der Waals surface area contributed by atoms with Gasteiger partial charge in [0.25, 0.3) is 0 Å². The number of aliphatic carboxylic acids is 1. The van der Waals surface area contributed by atoms with Gasteiger partial charge >= 0.3 is 5.97 Å². The molecule has 0 saturated heterocycles. The first kappa shape index (κ1) is 12.5. The van der Waals surface area contributed by atoms with Crippen LogP contribution >= 0.6 is 0 Å². The molecule has 3 nitrogen and oxygen atoms in total. The van der Waals surface area contributed by atoms with Crippen molar-refractivity contribution < 1.29 is 9.90 Å². The molecule has 1 rings (SSSR count). The zero-order chi connectivity index (χ0) is 11.6. The highest BCUT2D eigenvalue weighted by Crippen LogP contribution is 2.37. The first-order valence-electron chi connectivity index (χ1n) is 5.83. The standard InChI is InChI=1S/C12H23NO2/c1-8(11(14)15)9(2)13-10-6-5-7-12(10,3)4/h8-10,13H,5-7H2,1-4H3,(H,14,15). The largest absolute Gasteiger partial charge is 0.481 e. The fourth-order valence-corrected chi connectivity index (χ4v) is 2.31. The second-order valence-electron chi connectivity index (χ2n) is 5.52. The molecule has 1 aliphatic rings. The summed E-state index contributed by atoms with van der Waals surface area (Å²) in [5.41, 5.74) is 0.312. The summed E-state index contributed by atoms with van der Waals surface area (Å²) in [6.07, 6.45) is 3.65. The molecular formula is C12H23NO2. The van der Waals surface area contributed by atoms with Crippen molar-refractivity contribution in [1.29, 1.82) is 0 Å². The molecule has 15 heavy (non-hydrogen) atoms. The van der Waals surface area contributed by atoms with Crippen LogP contribution in [-0.4, -0.2) is 23.2 Å². The van der Waals surface area contributed by atoms with Gasteiger partial charge in [-0.15, -0.1) is 0 Å². The molecule has 3 heteroatoms. The van der Waals surface area contributed by atoms with E-state index in [2.05, 4.69) is 19.2 Å². The molecule has 0 aromatic heterocycles. The quantitative estimate of drug-likeness (QED) is 0.753. The maximum absolute atomic E-state index is 10.8. The summed E-state index contributed by atoms with van der Waals surface area (Å²) < 4.78 is 0. The normalized spacial score (nSPS) is 28.7. The van der Waals surface area contributed by atoms with E-state index in [1.165, 1.54) is 19.3 Å². The minimum atomic E-state index is -0.717. The lowest BCUT2D eigenvalue weighted by Crippen LogP contribution is -2.46. The van der Waals surface area contributed by atoms with Crippen LogP contribution in [0, 0.1) is 11.3 Å². The van der Waals surface area contributed by atoms with Gasteiger partial charge in [0.15, 0.2) is 0 Å². The molecule has 0 bridgehead atoms. The van der Waals surface area contributed by atoms with E-state index in [9.17, 15) is 4.79 Å². The predicted octanol–water partition coefficient (Wildman–Crippen LogP) is 2.26. The number of hydrogen-bond donors (Lipinski definition) is 2. The van der Waals surface area contributed by atoms with Crippen LogP contribution in [0.2, 0.25) is 0 Å². The average Bonchev–Trinajstić information content (AvgIpc) is 2.44. The highest BCUT2D eigenvalue weighted by atomic mass is 16.4. The summed E-state index contributed by atoms with van der Waals surface area (Å²) >= 11 is 0. The van der Waals surface area contributed by atoms with E-state index in [4.69, 9.17) is 5.11 Å². The lowest BCUT2D eigenvalue weighted by molar-refractivity contribution is -0.142. The van der Waals surface area contributed by atoms with Gasteiger partial charge in [-0.1, -0.05) is 27.2 Å². The molecule has 0 amide bonds. The average molecular weight is 213 g/mol. The summed E-state index contributed by atoms with van der Waals surface area (Å²) in [6.45, 7) is 8.25. The number of carbonyl (C=O) groups is 1. The molecule has 0 radical (unpaired) electrons. The van der Waals surface area contributed by atoms with Crippen LogP contribution < -0.4 is 5.32 Å². The predicted molar refractivity (Wildman–Crippen MR) is 60.8 cm³/mol. The van der Waals surface area contributed by atoms with E-state index in [0.717, 1.165) is 0 Å². The van der Waals surface area contributed by atoms with Crippen LogP contribution in [0.15, 0.2) is 0 Å². The number of nitrogens with one attached hydrogen (secondary N) is 1. The Balaban J connectivity index is 2.51. The monoisotopic (exact) mass is 213 g/mol. The first-order valence-corrected chi connectivity index (χ1v) is 5.83. The van der Waals surface area contributed by atoms with Crippen LogP contribution in [0.5, 0.6) is 0 Å². The fraction of sp³-hybridized carbons (Fsp3) is 0.917. The van der Waals surface area contributed by atoms with Crippen molar-refractivity contribution in [3.8, 4) is 0 Å². The summed E-state index contributed by atoms with van der Waals surface area (Å²) in [7, 11) is 0. The van der Waals surface area contributed by atoms with Gasteiger partial charge in [-0.25, -0.2) is 0 Å². The molecule has 1 aliphatic carbocycles. The Labute approximate surface area is 92.3 Å². The molecule has 88 valence electrons. The molecule has 0 aromatic carbocycles. The first-order chi connectivity index (χ1) is 6.84. The zero-order valence-electron chi connectivity index (χ0n) is 10.2. The van der Waals surface area contributed by atoms with Crippen LogP contribution in [-0.2, 0) is 4.79 Å². The fourth-order valence-electron chi connectivity index (χ4n) is 2.31. The molecule has 0 aromatic rings. The maximum atomic E-state index is 10.8. The third-order valence-electron chi connectivity index (χ3n) is 3.86. The van der Waals surface area contributed by atoms with Crippen molar-refractivity contribution in [2.75, 3.05) is 0 Å². The van der Waals surface area contributed by atoms with E-state index in [1.54, 1.807) is 6.92 Å². The minimum absolute atomic E-state index is 0.0462.